The highest BCUT2D eigenvalue weighted by Gasteiger charge is 2.55. The van der Waals surface area contributed by atoms with Crippen LogP contribution in [0.25, 0.3) is 5.70 Å². The van der Waals surface area contributed by atoms with Crippen molar-refractivity contribution in [1.29, 1.82) is 0 Å². The summed E-state index contributed by atoms with van der Waals surface area (Å²) in [6.07, 6.45) is 1.11. The van der Waals surface area contributed by atoms with Gasteiger partial charge in [0, 0.05) is 18.8 Å². The number of carbonyl (C=O) groups is 3. The average molecular weight is 460 g/mol. The highest BCUT2D eigenvalue weighted by atomic mass is 16.5. The zero-order valence-corrected chi connectivity index (χ0v) is 19.0. The number of rotatable bonds is 5. The number of guanidine groups is 1. The summed E-state index contributed by atoms with van der Waals surface area (Å²) in [6.45, 7) is 1.50. The van der Waals surface area contributed by atoms with Gasteiger partial charge in [-0.2, -0.15) is 0 Å². The van der Waals surface area contributed by atoms with Crippen molar-refractivity contribution in [2.75, 3.05) is 25.6 Å². The quantitative estimate of drug-likeness (QED) is 0.725. The molecule has 5 rings (SSSR count). The summed E-state index contributed by atoms with van der Waals surface area (Å²) < 4.78 is 5.65. The van der Waals surface area contributed by atoms with Gasteiger partial charge in [-0.05, 0) is 24.6 Å². The normalized spacial score (nSPS) is 21.4. The lowest BCUT2D eigenvalue weighted by Crippen LogP contribution is -2.65. The van der Waals surface area contributed by atoms with E-state index in [4.69, 9.17) is 15.5 Å². The molecule has 0 aliphatic carbocycles. The second-order valence-electron chi connectivity index (χ2n) is 8.37. The van der Waals surface area contributed by atoms with Gasteiger partial charge in [-0.25, -0.2) is 9.79 Å². The average Bonchev–Trinajstić information content (AvgIpc) is 3.37. The lowest BCUT2D eigenvalue weighted by Gasteiger charge is -2.39. The number of nitrogens with zero attached hydrogens (tertiary/aromatic N) is 5. The molecular formula is C24H24N6O4. The first-order valence-electron chi connectivity index (χ1n) is 10.8. The van der Waals surface area contributed by atoms with Crippen molar-refractivity contribution in [3.05, 3.63) is 65.9 Å². The number of hydrogen-bond donors (Lipinski definition) is 1. The molecule has 0 bridgehead atoms. The molecule has 4 amide bonds. The van der Waals surface area contributed by atoms with Crippen LogP contribution in [0.15, 0.2) is 59.7 Å². The fourth-order valence-corrected chi connectivity index (χ4v) is 4.56. The molecule has 1 fully saturated rings. The fourth-order valence-electron chi connectivity index (χ4n) is 4.56. The number of amides is 4. The van der Waals surface area contributed by atoms with E-state index in [1.165, 1.54) is 4.90 Å². The maximum absolute atomic E-state index is 13.4. The second kappa shape index (κ2) is 7.91. The minimum atomic E-state index is -0.823. The maximum atomic E-state index is 13.4. The molecule has 2 N–H and O–H groups in total. The number of urea groups is 1. The highest BCUT2D eigenvalue weighted by molar-refractivity contribution is 6.17. The molecule has 0 aromatic heterocycles. The van der Waals surface area contributed by atoms with Gasteiger partial charge in [0.2, 0.25) is 11.9 Å². The van der Waals surface area contributed by atoms with Crippen molar-refractivity contribution in [2.45, 2.75) is 19.1 Å². The number of methoxy groups -OCH3 is 1. The van der Waals surface area contributed by atoms with Crippen LogP contribution < -0.4 is 15.4 Å². The predicted octanol–water partition coefficient (Wildman–Crippen LogP) is 1.57. The van der Waals surface area contributed by atoms with Crippen LogP contribution in [0.3, 0.4) is 0 Å². The third-order valence-corrected chi connectivity index (χ3v) is 6.17. The number of primary amides is 1. The van der Waals surface area contributed by atoms with Gasteiger partial charge in [-0.15, -0.1) is 0 Å². The Labute approximate surface area is 196 Å². The Morgan fingerprint density at radius 3 is 2.56 bits per heavy atom. The standard InChI is InChI=1S/C24H24N6O4/c1-14-9-10-18(34-3)16(11-14)30-17(15-7-5-4-6-8-15)12-28-20-21(26-23(28)30)27(2)24(33)29(22(20)32)13-19(25)31/h4-12,20-21H,13H2,1-3H3,(H2,25,31). The number of anilines is 1. The molecule has 10 heteroatoms. The first kappa shape index (κ1) is 21.5. The van der Waals surface area contributed by atoms with Gasteiger partial charge >= 0.3 is 6.03 Å². The molecule has 2 atom stereocenters. The van der Waals surface area contributed by atoms with E-state index in [-0.39, 0.29) is 0 Å². The molecular weight excluding hydrogens is 436 g/mol. The summed E-state index contributed by atoms with van der Waals surface area (Å²) in [7, 11) is 3.16. The lowest BCUT2D eigenvalue weighted by molar-refractivity contribution is -0.139. The lowest BCUT2D eigenvalue weighted by atomic mass is 10.1. The Morgan fingerprint density at radius 1 is 1.15 bits per heavy atom. The minimum Gasteiger partial charge on any atom is -0.495 e. The SMILES string of the molecule is COc1ccc(C)cc1N1C(c2ccccc2)=CN2C1=NC1C2C(=O)N(CC(N)=O)C(=O)N1C. The van der Waals surface area contributed by atoms with E-state index >= 15 is 0 Å². The molecule has 3 aliphatic heterocycles. The van der Waals surface area contributed by atoms with Gasteiger partial charge in [0.25, 0.3) is 5.91 Å². The van der Waals surface area contributed by atoms with E-state index < -0.39 is 36.6 Å². The monoisotopic (exact) mass is 460 g/mol. The maximum Gasteiger partial charge on any atom is 0.328 e. The number of fused-ring (bicyclic) bond motifs is 3. The number of ether oxygens (including phenoxy) is 1. The molecule has 0 saturated carbocycles. The van der Waals surface area contributed by atoms with E-state index in [2.05, 4.69) is 0 Å². The molecule has 34 heavy (non-hydrogen) atoms. The Balaban J connectivity index is 1.65. The third-order valence-electron chi connectivity index (χ3n) is 6.17. The Kier molecular flexibility index (Phi) is 5.00. The van der Waals surface area contributed by atoms with Crippen LogP contribution in [0.2, 0.25) is 0 Å². The van der Waals surface area contributed by atoms with Gasteiger partial charge in [0.05, 0.1) is 18.5 Å². The van der Waals surface area contributed by atoms with Gasteiger partial charge in [-0.3, -0.25) is 24.3 Å². The molecule has 174 valence electrons. The summed E-state index contributed by atoms with van der Waals surface area (Å²) in [4.78, 5) is 48.5. The predicted molar refractivity (Wildman–Crippen MR) is 126 cm³/mol. The van der Waals surface area contributed by atoms with Gasteiger partial charge < -0.3 is 15.4 Å². The van der Waals surface area contributed by atoms with Gasteiger partial charge in [-0.1, -0.05) is 36.4 Å². The van der Waals surface area contributed by atoms with E-state index in [0.29, 0.717) is 11.7 Å². The van der Waals surface area contributed by atoms with E-state index in [1.54, 1.807) is 19.1 Å². The third kappa shape index (κ3) is 3.18. The van der Waals surface area contributed by atoms with Crippen LogP contribution in [-0.2, 0) is 9.59 Å². The minimum absolute atomic E-state index is 0.487. The number of likely N-dealkylation sites (N-methyl/N-ethyl adjacent to an activating group) is 1. The summed E-state index contributed by atoms with van der Waals surface area (Å²) in [5, 5.41) is 0. The number of aliphatic imine (C=N–C) groups is 1. The highest BCUT2D eigenvalue weighted by Crippen LogP contribution is 2.43. The Hall–Kier alpha value is -4.34. The van der Waals surface area contributed by atoms with Crippen LogP contribution in [-0.4, -0.2) is 71.4 Å². The van der Waals surface area contributed by atoms with Crippen molar-refractivity contribution in [3.8, 4) is 5.75 Å². The fraction of sp³-hybridized carbons (Fsp3) is 0.250. The molecule has 0 spiro atoms. The van der Waals surface area contributed by atoms with Crippen LogP contribution in [0.1, 0.15) is 11.1 Å². The number of nitrogens with two attached hydrogens (primary N) is 1. The van der Waals surface area contributed by atoms with Crippen molar-refractivity contribution < 1.29 is 19.1 Å². The van der Waals surface area contributed by atoms with Crippen molar-refractivity contribution in [1.82, 2.24) is 14.7 Å². The van der Waals surface area contributed by atoms with Crippen molar-refractivity contribution in [3.63, 3.8) is 0 Å². The van der Waals surface area contributed by atoms with Crippen LogP contribution >= 0.6 is 0 Å². The molecule has 2 unspecified atom stereocenters. The number of hydrogen-bond acceptors (Lipinski definition) is 7. The first-order chi connectivity index (χ1) is 16.3. The molecule has 3 heterocycles. The number of carbonyl (C=O) groups excluding carboxylic acids is 3. The molecule has 1 saturated heterocycles. The summed E-state index contributed by atoms with van der Waals surface area (Å²) in [6, 6.07) is 14.1. The Bertz CT molecular complexity index is 1260. The molecule has 0 radical (unpaired) electrons. The molecule has 3 aliphatic rings. The topological polar surface area (TPSA) is 112 Å². The zero-order chi connectivity index (χ0) is 24.1. The smallest absolute Gasteiger partial charge is 0.328 e. The van der Waals surface area contributed by atoms with E-state index in [1.807, 2.05) is 66.6 Å². The largest absolute Gasteiger partial charge is 0.495 e. The second-order valence-corrected chi connectivity index (χ2v) is 8.37. The van der Waals surface area contributed by atoms with Gasteiger partial charge in [0.1, 0.15) is 12.3 Å². The first-order valence-corrected chi connectivity index (χ1v) is 10.8. The number of aryl methyl sites for hydroxylation is 1. The Morgan fingerprint density at radius 2 is 1.88 bits per heavy atom. The van der Waals surface area contributed by atoms with Crippen molar-refractivity contribution in [2.24, 2.45) is 10.7 Å². The van der Waals surface area contributed by atoms with E-state index in [9.17, 15) is 14.4 Å². The summed E-state index contributed by atoms with van der Waals surface area (Å²) >= 11 is 0. The molecule has 2 aromatic carbocycles. The molecule has 10 nitrogen and oxygen atoms in total. The summed E-state index contributed by atoms with van der Waals surface area (Å²) in [5.74, 6) is -0.155. The van der Waals surface area contributed by atoms with Crippen LogP contribution in [0.5, 0.6) is 5.75 Å². The van der Waals surface area contributed by atoms with Crippen LogP contribution in [0, 0.1) is 6.92 Å². The van der Waals surface area contributed by atoms with Gasteiger partial charge in [0.15, 0.2) is 12.2 Å². The molecule has 2 aromatic rings. The van der Waals surface area contributed by atoms with Crippen LogP contribution in [0.4, 0.5) is 10.5 Å². The zero-order valence-electron chi connectivity index (χ0n) is 19.0. The van der Waals surface area contributed by atoms with E-state index in [0.717, 1.165) is 27.4 Å². The number of imide groups is 1. The van der Waals surface area contributed by atoms with Crippen molar-refractivity contribution >= 4 is 35.2 Å². The number of benzene rings is 2. The summed E-state index contributed by atoms with van der Waals surface area (Å²) in [5.41, 5.74) is 8.80.